The van der Waals surface area contributed by atoms with Crippen LogP contribution in [0.25, 0.3) is 11.1 Å². The third-order valence-corrected chi connectivity index (χ3v) is 3.59. The van der Waals surface area contributed by atoms with Gasteiger partial charge in [0, 0.05) is 18.3 Å². The number of nitrogens with zero attached hydrogens (tertiary/aromatic N) is 3. The monoisotopic (exact) mass is 286 g/mol. The van der Waals surface area contributed by atoms with Gasteiger partial charge in [0.05, 0.1) is 23.4 Å². The average molecular weight is 286 g/mol. The van der Waals surface area contributed by atoms with Crippen molar-refractivity contribution in [2.75, 3.05) is 5.73 Å². The summed E-state index contributed by atoms with van der Waals surface area (Å²) in [5.74, 6) is -0.377. The third-order valence-electron chi connectivity index (χ3n) is 3.59. The van der Waals surface area contributed by atoms with Crippen molar-refractivity contribution in [1.29, 1.82) is 0 Å². The van der Waals surface area contributed by atoms with E-state index in [0.717, 1.165) is 29.9 Å². The van der Waals surface area contributed by atoms with E-state index < -0.39 is 0 Å². The summed E-state index contributed by atoms with van der Waals surface area (Å²) in [6, 6.07) is 7.28. The van der Waals surface area contributed by atoms with E-state index in [4.69, 9.17) is 10.2 Å². The van der Waals surface area contributed by atoms with Crippen LogP contribution in [0.2, 0.25) is 0 Å². The maximum absolute atomic E-state index is 12.1. The molecule has 0 bridgehead atoms. The van der Waals surface area contributed by atoms with Crippen molar-refractivity contribution in [3.8, 4) is 0 Å². The third kappa shape index (κ3) is 2.33. The fourth-order valence-electron chi connectivity index (χ4n) is 2.48. The van der Waals surface area contributed by atoms with Crippen LogP contribution in [0.3, 0.4) is 0 Å². The summed E-state index contributed by atoms with van der Waals surface area (Å²) in [5.41, 5.74) is 9.58. The molecule has 2 aromatic heterocycles. The fraction of sp³-hybridized carbons (Fsp3) is 0.333. The van der Waals surface area contributed by atoms with E-state index in [-0.39, 0.29) is 5.76 Å². The quantitative estimate of drug-likeness (QED) is 0.744. The van der Waals surface area contributed by atoms with Crippen LogP contribution < -0.4 is 11.5 Å². The second-order valence-corrected chi connectivity index (χ2v) is 4.98. The molecule has 0 spiro atoms. The molecule has 0 aliphatic carbocycles. The lowest BCUT2D eigenvalue weighted by Gasteiger charge is -2.05. The van der Waals surface area contributed by atoms with E-state index in [1.54, 1.807) is 16.7 Å². The summed E-state index contributed by atoms with van der Waals surface area (Å²) >= 11 is 0. The van der Waals surface area contributed by atoms with Crippen molar-refractivity contribution in [2.24, 2.45) is 0 Å². The highest BCUT2D eigenvalue weighted by Crippen LogP contribution is 2.18. The van der Waals surface area contributed by atoms with Gasteiger partial charge >= 0.3 is 5.76 Å². The number of nitrogen functional groups attached to an aromatic ring is 1. The Kier molecular flexibility index (Phi) is 3.29. The van der Waals surface area contributed by atoms with Crippen LogP contribution in [0.4, 0.5) is 5.69 Å². The van der Waals surface area contributed by atoms with E-state index in [1.807, 2.05) is 23.7 Å². The molecule has 21 heavy (non-hydrogen) atoms. The Morgan fingerprint density at radius 3 is 2.81 bits per heavy atom. The van der Waals surface area contributed by atoms with Crippen LogP contribution >= 0.6 is 0 Å². The van der Waals surface area contributed by atoms with Gasteiger partial charge in [-0.05, 0) is 31.5 Å². The molecule has 2 heterocycles. The zero-order valence-corrected chi connectivity index (χ0v) is 12.2. The van der Waals surface area contributed by atoms with Gasteiger partial charge in [-0.15, -0.1) is 0 Å². The number of hydrogen-bond acceptors (Lipinski definition) is 4. The molecule has 6 heteroatoms. The molecule has 0 radical (unpaired) electrons. The Morgan fingerprint density at radius 1 is 1.29 bits per heavy atom. The highest BCUT2D eigenvalue weighted by atomic mass is 16.4. The van der Waals surface area contributed by atoms with Crippen LogP contribution in [0.1, 0.15) is 25.2 Å². The molecule has 0 aliphatic heterocycles. The minimum absolute atomic E-state index is 0.377. The minimum Gasteiger partial charge on any atom is -0.408 e. The van der Waals surface area contributed by atoms with E-state index in [2.05, 4.69) is 12.0 Å². The summed E-state index contributed by atoms with van der Waals surface area (Å²) in [4.78, 5) is 12.1. The molecule has 1 aromatic carbocycles. The highest BCUT2D eigenvalue weighted by molar-refractivity contribution is 5.76. The van der Waals surface area contributed by atoms with Gasteiger partial charge in [0.15, 0.2) is 5.58 Å². The Balaban J connectivity index is 2.07. The molecule has 0 saturated heterocycles. The van der Waals surface area contributed by atoms with Gasteiger partial charge in [-0.2, -0.15) is 5.10 Å². The van der Waals surface area contributed by atoms with Gasteiger partial charge in [0.25, 0.3) is 0 Å². The van der Waals surface area contributed by atoms with E-state index in [9.17, 15) is 4.79 Å². The highest BCUT2D eigenvalue weighted by Gasteiger charge is 2.13. The van der Waals surface area contributed by atoms with Crippen molar-refractivity contribution in [3.63, 3.8) is 0 Å². The second-order valence-electron chi connectivity index (χ2n) is 4.98. The number of hydrogen-bond donors (Lipinski definition) is 1. The molecular formula is C15H18N4O2. The van der Waals surface area contributed by atoms with Crippen LogP contribution in [-0.2, 0) is 19.5 Å². The Bertz CT molecular complexity index is 841. The molecule has 0 unspecified atom stereocenters. The number of anilines is 1. The van der Waals surface area contributed by atoms with Crippen molar-refractivity contribution in [2.45, 2.75) is 33.4 Å². The first-order valence-corrected chi connectivity index (χ1v) is 7.06. The number of aryl methyl sites for hydroxylation is 2. The predicted molar refractivity (Wildman–Crippen MR) is 81.3 cm³/mol. The zero-order valence-electron chi connectivity index (χ0n) is 12.2. The fourth-order valence-corrected chi connectivity index (χ4v) is 2.48. The van der Waals surface area contributed by atoms with Crippen LogP contribution in [0.15, 0.2) is 33.5 Å². The number of fused-ring (bicyclic) bond motifs is 1. The summed E-state index contributed by atoms with van der Waals surface area (Å²) in [6.07, 6.45) is 0.873. The average Bonchev–Trinajstić information content (AvgIpc) is 3.00. The van der Waals surface area contributed by atoms with Gasteiger partial charge in [-0.1, -0.05) is 6.92 Å². The summed E-state index contributed by atoms with van der Waals surface area (Å²) in [6.45, 7) is 5.31. The lowest BCUT2D eigenvalue weighted by Crippen LogP contribution is -2.17. The molecule has 0 aliphatic rings. The zero-order chi connectivity index (χ0) is 15.0. The molecule has 3 aromatic rings. The van der Waals surface area contributed by atoms with Gasteiger partial charge in [0.1, 0.15) is 0 Å². The van der Waals surface area contributed by atoms with Crippen LogP contribution in [-0.4, -0.2) is 14.3 Å². The number of rotatable bonds is 4. The summed E-state index contributed by atoms with van der Waals surface area (Å²) in [5, 5.41) is 4.50. The SMILES string of the molecule is CCc1cc(Cn2c(=O)oc3cc(N)ccc32)n(CC)n1. The van der Waals surface area contributed by atoms with Crippen molar-refractivity contribution < 1.29 is 4.42 Å². The van der Waals surface area contributed by atoms with Crippen molar-refractivity contribution in [3.05, 3.63) is 46.2 Å². The van der Waals surface area contributed by atoms with Crippen molar-refractivity contribution >= 4 is 16.8 Å². The topological polar surface area (TPSA) is 79.0 Å². The van der Waals surface area contributed by atoms with Gasteiger partial charge < -0.3 is 10.2 Å². The standard InChI is InChI=1S/C15H18N4O2/c1-3-11-8-12(19(4-2)17-11)9-18-13-6-5-10(16)7-14(13)21-15(18)20/h5-8H,3-4,9,16H2,1-2H3. The van der Waals surface area contributed by atoms with E-state index >= 15 is 0 Å². The molecular weight excluding hydrogens is 268 g/mol. The van der Waals surface area contributed by atoms with Gasteiger partial charge in [-0.25, -0.2) is 4.79 Å². The molecule has 110 valence electrons. The lowest BCUT2D eigenvalue weighted by atomic mass is 10.2. The first-order valence-electron chi connectivity index (χ1n) is 7.06. The molecule has 0 saturated carbocycles. The number of benzene rings is 1. The second kappa shape index (κ2) is 5.12. The van der Waals surface area contributed by atoms with Crippen LogP contribution in [0.5, 0.6) is 0 Å². The Morgan fingerprint density at radius 2 is 2.10 bits per heavy atom. The van der Waals surface area contributed by atoms with E-state index in [1.165, 1.54) is 0 Å². The number of aromatic nitrogens is 3. The normalized spacial score (nSPS) is 11.3. The maximum Gasteiger partial charge on any atom is 0.420 e. The number of oxazole rings is 1. The first kappa shape index (κ1) is 13.5. The van der Waals surface area contributed by atoms with Gasteiger partial charge in [-0.3, -0.25) is 9.25 Å². The largest absolute Gasteiger partial charge is 0.420 e. The smallest absolute Gasteiger partial charge is 0.408 e. The Hall–Kier alpha value is -2.50. The molecule has 0 fully saturated rings. The Labute approximate surface area is 121 Å². The first-order chi connectivity index (χ1) is 10.1. The van der Waals surface area contributed by atoms with E-state index in [0.29, 0.717) is 17.8 Å². The molecule has 2 N–H and O–H groups in total. The van der Waals surface area contributed by atoms with Gasteiger partial charge in [0.2, 0.25) is 0 Å². The molecule has 6 nitrogen and oxygen atoms in total. The lowest BCUT2D eigenvalue weighted by molar-refractivity contribution is 0.507. The molecule has 0 amide bonds. The summed E-state index contributed by atoms with van der Waals surface area (Å²) < 4.78 is 8.78. The molecule has 3 rings (SSSR count). The van der Waals surface area contributed by atoms with Crippen LogP contribution in [0, 0.1) is 0 Å². The summed E-state index contributed by atoms with van der Waals surface area (Å²) in [7, 11) is 0. The minimum atomic E-state index is -0.377. The van der Waals surface area contributed by atoms with Crippen molar-refractivity contribution in [1.82, 2.24) is 14.3 Å². The number of nitrogens with two attached hydrogens (primary N) is 1. The maximum atomic E-state index is 12.1. The predicted octanol–water partition coefficient (Wildman–Crippen LogP) is 2.00. The molecule has 0 atom stereocenters.